The molecule has 0 aliphatic carbocycles. The molecule has 0 spiro atoms. The second-order valence-electron chi connectivity index (χ2n) is 9.08. The molecule has 1 N–H and O–H groups in total. The van der Waals surface area contributed by atoms with Crippen molar-refractivity contribution in [2.75, 3.05) is 33.3 Å². The van der Waals surface area contributed by atoms with E-state index in [1.54, 1.807) is 18.2 Å². The van der Waals surface area contributed by atoms with Crippen molar-refractivity contribution in [1.29, 1.82) is 0 Å². The van der Waals surface area contributed by atoms with E-state index in [1.165, 1.54) is 26.4 Å². The van der Waals surface area contributed by atoms with Gasteiger partial charge < -0.3 is 24.3 Å². The fourth-order valence-electron chi connectivity index (χ4n) is 3.75. The highest BCUT2D eigenvalue weighted by Crippen LogP contribution is 2.36. The van der Waals surface area contributed by atoms with Crippen molar-refractivity contribution in [3.8, 4) is 0 Å². The van der Waals surface area contributed by atoms with Crippen LogP contribution < -0.4 is 10.8 Å². The van der Waals surface area contributed by atoms with Crippen LogP contribution in [0.5, 0.6) is 0 Å². The maximum Gasteiger partial charge on any atom is 0.494 e. The lowest BCUT2D eigenvalue weighted by molar-refractivity contribution is 0.00578. The summed E-state index contributed by atoms with van der Waals surface area (Å²) >= 11 is 0. The quantitative estimate of drug-likeness (QED) is 0.565. The van der Waals surface area contributed by atoms with Gasteiger partial charge in [-0.1, -0.05) is 6.42 Å². The van der Waals surface area contributed by atoms with Gasteiger partial charge in [0.2, 0.25) is 0 Å². The molecule has 2 aliphatic rings. The molecule has 1 amide bonds. The number of likely N-dealkylation sites (tertiary alicyclic amines) is 1. The van der Waals surface area contributed by atoms with Crippen molar-refractivity contribution in [2.24, 2.45) is 0 Å². The van der Waals surface area contributed by atoms with Crippen molar-refractivity contribution in [1.82, 2.24) is 10.2 Å². The standard InChI is InChI=1S/C22H33BN2O5/c1-21(2)22(3,4)30-23(29-21)18-14-16(13-17(15-18)20(27)28-5)19(26)24-9-12-25-10-7-6-8-11-25/h13-15H,6-12H2,1-5H3,(H,24,26). The summed E-state index contributed by atoms with van der Waals surface area (Å²) in [4.78, 5) is 27.4. The zero-order valence-corrected chi connectivity index (χ0v) is 18.7. The molecule has 164 valence electrons. The van der Waals surface area contributed by atoms with Crippen LogP contribution in [0.15, 0.2) is 18.2 Å². The lowest BCUT2D eigenvalue weighted by Gasteiger charge is -2.32. The first-order valence-corrected chi connectivity index (χ1v) is 10.7. The number of nitrogens with zero attached hydrogens (tertiary/aromatic N) is 1. The van der Waals surface area contributed by atoms with Crippen LogP contribution in [0.3, 0.4) is 0 Å². The number of hydrogen-bond acceptors (Lipinski definition) is 6. The first kappa shape index (κ1) is 22.8. The van der Waals surface area contributed by atoms with Crippen LogP contribution in [0.25, 0.3) is 0 Å². The van der Waals surface area contributed by atoms with Crippen molar-refractivity contribution in [2.45, 2.75) is 58.2 Å². The predicted molar refractivity (Wildman–Crippen MR) is 116 cm³/mol. The summed E-state index contributed by atoms with van der Waals surface area (Å²) in [6, 6.07) is 4.94. The average molecular weight is 416 g/mol. The molecule has 2 fully saturated rings. The Morgan fingerprint density at radius 2 is 1.63 bits per heavy atom. The van der Waals surface area contributed by atoms with Crippen LogP contribution in [-0.4, -0.2) is 68.4 Å². The van der Waals surface area contributed by atoms with Gasteiger partial charge in [-0.15, -0.1) is 0 Å². The van der Waals surface area contributed by atoms with Gasteiger partial charge in [0.05, 0.1) is 23.9 Å². The van der Waals surface area contributed by atoms with Crippen molar-refractivity contribution in [3.05, 3.63) is 29.3 Å². The van der Waals surface area contributed by atoms with E-state index >= 15 is 0 Å². The fraction of sp³-hybridized carbons (Fsp3) is 0.636. The number of hydrogen-bond donors (Lipinski definition) is 1. The molecule has 1 aromatic carbocycles. The van der Waals surface area contributed by atoms with E-state index in [9.17, 15) is 9.59 Å². The van der Waals surface area contributed by atoms with Crippen LogP contribution in [0, 0.1) is 0 Å². The minimum Gasteiger partial charge on any atom is -0.465 e. The van der Waals surface area contributed by atoms with Gasteiger partial charge >= 0.3 is 13.1 Å². The summed E-state index contributed by atoms with van der Waals surface area (Å²) in [7, 11) is 0.654. The predicted octanol–water partition coefficient (Wildman–Crippen LogP) is 1.99. The third kappa shape index (κ3) is 5.05. The number of methoxy groups -OCH3 is 1. The van der Waals surface area contributed by atoms with Crippen molar-refractivity contribution >= 4 is 24.5 Å². The molecule has 2 heterocycles. The minimum atomic E-state index is -0.667. The summed E-state index contributed by atoms with van der Waals surface area (Å²) in [6.07, 6.45) is 3.71. The van der Waals surface area contributed by atoms with Crippen molar-refractivity contribution < 1.29 is 23.6 Å². The van der Waals surface area contributed by atoms with Gasteiger partial charge in [0.1, 0.15) is 0 Å². The molecule has 0 saturated carbocycles. The molecule has 1 aromatic rings. The molecule has 2 aliphatic heterocycles. The molecule has 30 heavy (non-hydrogen) atoms. The van der Waals surface area contributed by atoms with E-state index in [-0.39, 0.29) is 5.91 Å². The summed E-state index contributed by atoms with van der Waals surface area (Å²) in [5, 5.41) is 2.97. The third-order valence-electron chi connectivity index (χ3n) is 6.33. The van der Waals surface area contributed by atoms with Gasteiger partial charge in [-0.3, -0.25) is 4.79 Å². The number of nitrogens with one attached hydrogen (secondary N) is 1. The molecular weight excluding hydrogens is 383 g/mol. The molecule has 3 rings (SSSR count). The van der Waals surface area contributed by atoms with Crippen LogP contribution in [0.2, 0.25) is 0 Å². The van der Waals surface area contributed by atoms with Gasteiger partial charge in [-0.25, -0.2) is 4.79 Å². The number of carbonyl (C=O) groups is 2. The van der Waals surface area contributed by atoms with Gasteiger partial charge in [0.25, 0.3) is 5.91 Å². The Morgan fingerprint density at radius 3 is 2.23 bits per heavy atom. The van der Waals surface area contributed by atoms with Gasteiger partial charge in [-0.2, -0.15) is 0 Å². The first-order chi connectivity index (χ1) is 14.1. The van der Waals surface area contributed by atoms with E-state index < -0.39 is 24.3 Å². The van der Waals surface area contributed by atoms with E-state index in [4.69, 9.17) is 14.0 Å². The Bertz CT molecular complexity index is 774. The SMILES string of the molecule is COC(=O)c1cc(B2OC(C)(C)C(C)(C)O2)cc(C(=O)NCCN2CCCCC2)c1. The zero-order chi connectivity index (χ0) is 21.9. The van der Waals surface area contributed by atoms with Crippen LogP contribution in [0.1, 0.15) is 67.7 Å². The molecule has 0 bridgehead atoms. The number of carbonyl (C=O) groups excluding carboxylic acids is 2. The zero-order valence-electron chi connectivity index (χ0n) is 18.7. The lowest BCUT2D eigenvalue weighted by Crippen LogP contribution is -2.41. The highest BCUT2D eigenvalue weighted by molar-refractivity contribution is 6.62. The van der Waals surface area contributed by atoms with Gasteiger partial charge in [0.15, 0.2) is 0 Å². The van der Waals surface area contributed by atoms with Crippen LogP contribution >= 0.6 is 0 Å². The summed E-state index contributed by atoms with van der Waals surface area (Å²) in [6.45, 7) is 11.4. The van der Waals surface area contributed by atoms with E-state index in [1.807, 2.05) is 27.7 Å². The molecule has 7 nitrogen and oxygen atoms in total. The van der Waals surface area contributed by atoms with Gasteiger partial charge in [0, 0.05) is 18.7 Å². The number of ether oxygens (including phenoxy) is 1. The van der Waals surface area contributed by atoms with Gasteiger partial charge in [-0.05, 0) is 77.3 Å². The molecule has 0 atom stereocenters. The Labute approximate surface area is 179 Å². The molecule has 8 heteroatoms. The summed E-state index contributed by atoms with van der Waals surface area (Å²) < 4.78 is 17.1. The Kier molecular flexibility index (Phi) is 6.89. The maximum atomic E-state index is 12.8. The van der Waals surface area contributed by atoms with E-state index in [0.29, 0.717) is 23.1 Å². The second-order valence-corrected chi connectivity index (χ2v) is 9.08. The van der Waals surface area contributed by atoms with Crippen molar-refractivity contribution in [3.63, 3.8) is 0 Å². The van der Waals surface area contributed by atoms with Crippen LogP contribution in [-0.2, 0) is 14.0 Å². The summed E-state index contributed by atoms with van der Waals surface area (Å²) in [5.41, 5.74) is 0.274. The first-order valence-electron chi connectivity index (χ1n) is 10.7. The second kappa shape index (κ2) is 9.08. The number of amides is 1. The topological polar surface area (TPSA) is 77.1 Å². The number of rotatable bonds is 6. The number of benzene rings is 1. The fourth-order valence-corrected chi connectivity index (χ4v) is 3.75. The van der Waals surface area contributed by atoms with E-state index in [0.717, 1.165) is 19.6 Å². The minimum absolute atomic E-state index is 0.226. The number of piperidine rings is 1. The molecule has 0 unspecified atom stereocenters. The Hall–Kier alpha value is -1.90. The molecule has 0 aromatic heterocycles. The maximum absolute atomic E-state index is 12.8. The lowest BCUT2D eigenvalue weighted by atomic mass is 9.77. The van der Waals surface area contributed by atoms with E-state index in [2.05, 4.69) is 10.2 Å². The monoisotopic (exact) mass is 416 g/mol. The normalized spacial score (nSPS) is 20.8. The van der Waals surface area contributed by atoms with Crippen LogP contribution in [0.4, 0.5) is 0 Å². The molecular formula is C22H33BN2O5. The largest absolute Gasteiger partial charge is 0.494 e. The summed E-state index contributed by atoms with van der Waals surface area (Å²) in [5.74, 6) is -0.730. The Morgan fingerprint density at radius 1 is 1.03 bits per heavy atom. The molecule has 0 radical (unpaired) electrons. The highest BCUT2D eigenvalue weighted by atomic mass is 16.7. The smallest absolute Gasteiger partial charge is 0.465 e. The molecule has 2 saturated heterocycles. The number of esters is 1. The average Bonchev–Trinajstić information content (AvgIpc) is 2.95. The highest BCUT2D eigenvalue weighted by Gasteiger charge is 2.51. The Balaban J connectivity index is 1.75. The third-order valence-corrected chi connectivity index (χ3v) is 6.33.